The van der Waals surface area contributed by atoms with Crippen molar-refractivity contribution in [2.75, 3.05) is 37.7 Å². The number of amidine groups is 1. The minimum Gasteiger partial charge on any atom is -0.460 e. The molecule has 0 spiro atoms. The van der Waals surface area contributed by atoms with Crippen LogP contribution in [0.2, 0.25) is 0 Å². The summed E-state index contributed by atoms with van der Waals surface area (Å²) in [5, 5.41) is 7.11. The molecule has 0 aromatic heterocycles. The second-order valence-corrected chi connectivity index (χ2v) is 8.72. The highest BCUT2D eigenvalue weighted by Gasteiger charge is 2.36. The molecule has 2 aliphatic heterocycles. The monoisotopic (exact) mass is 434 g/mol. The van der Waals surface area contributed by atoms with Crippen molar-refractivity contribution < 1.29 is 23.5 Å². The average molecular weight is 435 g/mol. The minimum atomic E-state index is -0.666. The van der Waals surface area contributed by atoms with E-state index in [0.29, 0.717) is 44.9 Å². The molecule has 2 heterocycles. The van der Waals surface area contributed by atoms with Crippen LogP contribution in [-0.4, -0.2) is 61.0 Å². The Balaban J connectivity index is 1.57. The molecule has 2 fully saturated rings. The summed E-state index contributed by atoms with van der Waals surface area (Å²) in [7, 11) is 0. The highest BCUT2D eigenvalue weighted by Crippen LogP contribution is 2.31. The van der Waals surface area contributed by atoms with E-state index in [9.17, 15) is 9.59 Å². The standard InChI is InChI=1S/C22H31FN4O4/c1-22(2)13-15(6-11-31-22)21(29)27-9-7-26(8-10-27)17-5-3-4-16(20(17)23)14-30-19(28)12-18(24)25/h3-5,15H,6-14H2,1-2H3,(H3,24,25). The van der Waals surface area contributed by atoms with Crippen LogP contribution < -0.4 is 10.6 Å². The molecule has 0 saturated carbocycles. The molecule has 3 N–H and O–H groups in total. The third-order valence-corrected chi connectivity index (χ3v) is 5.76. The fourth-order valence-electron chi connectivity index (χ4n) is 4.16. The number of hydrogen-bond acceptors (Lipinski definition) is 6. The fourth-order valence-corrected chi connectivity index (χ4v) is 4.16. The zero-order valence-corrected chi connectivity index (χ0v) is 18.2. The zero-order chi connectivity index (χ0) is 22.6. The molecule has 1 aromatic rings. The van der Waals surface area contributed by atoms with Crippen LogP contribution in [0.25, 0.3) is 0 Å². The first-order valence-corrected chi connectivity index (χ1v) is 10.6. The predicted molar refractivity (Wildman–Crippen MR) is 114 cm³/mol. The number of ether oxygens (including phenoxy) is 2. The van der Waals surface area contributed by atoms with Crippen molar-refractivity contribution in [3.63, 3.8) is 0 Å². The third kappa shape index (κ3) is 5.94. The van der Waals surface area contributed by atoms with Crippen LogP contribution in [0.4, 0.5) is 10.1 Å². The topological polar surface area (TPSA) is 109 Å². The van der Waals surface area contributed by atoms with E-state index in [-0.39, 0.29) is 41.9 Å². The van der Waals surface area contributed by atoms with Crippen molar-refractivity contribution in [1.82, 2.24) is 4.90 Å². The zero-order valence-electron chi connectivity index (χ0n) is 18.2. The summed E-state index contributed by atoms with van der Waals surface area (Å²) in [6.07, 6.45) is 1.13. The van der Waals surface area contributed by atoms with Gasteiger partial charge in [0.1, 0.15) is 18.9 Å². The summed E-state index contributed by atoms with van der Waals surface area (Å²) in [5.41, 5.74) is 5.59. The largest absolute Gasteiger partial charge is 0.460 e. The summed E-state index contributed by atoms with van der Waals surface area (Å²) in [4.78, 5) is 28.3. The van der Waals surface area contributed by atoms with E-state index in [1.165, 1.54) is 0 Å². The summed E-state index contributed by atoms with van der Waals surface area (Å²) in [5.74, 6) is -1.27. The maximum atomic E-state index is 15.0. The number of hydrogen-bond donors (Lipinski definition) is 2. The molecule has 0 aliphatic carbocycles. The van der Waals surface area contributed by atoms with Gasteiger partial charge in [0, 0.05) is 44.3 Å². The van der Waals surface area contributed by atoms with Crippen molar-refractivity contribution in [2.45, 2.75) is 45.3 Å². The van der Waals surface area contributed by atoms with Crippen LogP contribution in [0, 0.1) is 17.1 Å². The van der Waals surface area contributed by atoms with Gasteiger partial charge in [-0.05, 0) is 32.8 Å². The number of nitrogens with zero attached hydrogens (tertiary/aromatic N) is 2. The maximum absolute atomic E-state index is 15.0. The van der Waals surface area contributed by atoms with E-state index < -0.39 is 11.8 Å². The number of anilines is 1. The van der Waals surface area contributed by atoms with Crippen molar-refractivity contribution in [2.24, 2.45) is 11.7 Å². The normalized spacial score (nSPS) is 20.9. The molecule has 2 saturated heterocycles. The summed E-state index contributed by atoms with van der Waals surface area (Å²) >= 11 is 0. The summed E-state index contributed by atoms with van der Waals surface area (Å²) in [6.45, 7) is 6.53. The Labute approximate surface area is 182 Å². The molecule has 2 aliphatic rings. The first kappa shape index (κ1) is 23.0. The molecule has 1 atom stereocenters. The SMILES string of the molecule is CC1(C)CC(C(=O)N2CCN(c3cccc(COC(=O)CC(=N)N)c3F)CC2)CCO1. The van der Waals surface area contributed by atoms with Gasteiger partial charge in [-0.15, -0.1) is 0 Å². The lowest BCUT2D eigenvalue weighted by molar-refractivity contribution is -0.145. The molecule has 1 aromatic carbocycles. The Morgan fingerprint density at radius 2 is 2.00 bits per heavy atom. The number of carbonyl (C=O) groups is 2. The smallest absolute Gasteiger partial charge is 0.313 e. The van der Waals surface area contributed by atoms with Gasteiger partial charge in [-0.3, -0.25) is 15.0 Å². The van der Waals surface area contributed by atoms with Gasteiger partial charge in [-0.1, -0.05) is 12.1 Å². The quantitative estimate of drug-likeness (QED) is 0.403. The molecule has 9 heteroatoms. The van der Waals surface area contributed by atoms with Gasteiger partial charge in [0.2, 0.25) is 5.91 Å². The molecule has 3 rings (SSSR count). The van der Waals surface area contributed by atoms with Crippen LogP contribution in [-0.2, 0) is 25.7 Å². The van der Waals surface area contributed by atoms with Crippen molar-refractivity contribution in [3.05, 3.63) is 29.6 Å². The van der Waals surface area contributed by atoms with E-state index >= 15 is 4.39 Å². The number of piperazine rings is 1. The van der Waals surface area contributed by atoms with E-state index in [2.05, 4.69) is 0 Å². The number of benzene rings is 1. The van der Waals surface area contributed by atoms with E-state index in [1.54, 1.807) is 18.2 Å². The van der Waals surface area contributed by atoms with Crippen molar-refractivity contribution >= 4 is 23.4 Å². The molecular weight excluding hydrogens is 403 g/mol. The van der Waals surface area contributed by atoms with Crippen LogP contribution in [0.5, 0.6) is 0 Å². The lowest BCUT2D eigenvalue weighted by atomic mass is 9.87. The molecule has 1 unspecified atom stereocenters. The highest BCUT2D eigenvalue weighted by atomic mass is 19.1. The Kier molecular flexibility index (Phi) is 7.15. The summed E-state index contributed by atoms with van der Waals surface area (Å²) < 4.78 is 25.7. The maximum Gasteiger partial charge on any atom is 0.313 e. The number of amides is 1. The first-order chi connectivity index (χ1) is 14.7. The lowest BCUT2D eigenvalue weighted by Gasteiger charge is -2.40. The van der Waals surface area contributed by atoms with Gasteiger partial charge in [-0.25, -0.2) is 4.39 Å². The minimum absolute atomic E-state index is 0.0277. The number of nitrogens with one attached hydrogen (secondary N) is 1. The molecule has 8 nitrogen and oxygen atoms in total. The van der Waals surface area contributed by atoms with E-state index in [1.807, 2.05) is 23.6 Å². The van der Waals surface area contributed by atoms with E-state index in [0.717, 1.165) is 6.42 Å². The van der Waals surface area contributed by atoms with Gasteiger partial charge in [0.15, 0.2) is 5.82 Å². The van der Waals surface area contributed by atoms with Gasteiger partial charge >= 0.3 is 5.97 Å². The third-order valence-electron chi connectivity index (χ3n) is 5.76. The van der Waals surface area contributed by atoms with Crippen LogP contribution in [0.3, 0.4) is 0 Å². The molecular formula is C22H31FN4O4. The van der Waals surface area contributed by atoms with Gasteiger partial charge in [0.05, 0.1) is 11.3 Å². The molecule has 31 heavy (non-hydrogen) atoms. The number of nitrogens with two attached hydrogens (primary N) is 1. The Bertz CT molecular complexity index is 837. The Hall–Kier alpha value is -2.68. The van der Waals surface area contributed by atoms with Crippen molar-refractivity contribution in [1.29, 1.82) is 5.41 Å². The number of rotatable bonds is 6. The number of esters is 1. The van der Waals surface area contributed by atoms with Crippen LogP contribution in [0.15, 0.2) is 18.2 Å². The lowest BCUT2D eigenvalue weighted by Crippen LogP contribution is -2.52. The van der Waals surface area contributed by atoms with Gasteiger partial charge in [-0.2, -0.15) is 0 Å². The van der Waals surface area contributed by atoms with Gasteiger partial charge in [0.25, 0.3) is 0 Å². The molecule has 170 valence electrons. The molecule has 0 radical (unpaired) electrons. The highest BCUT2D eigenvalue weighted by molar-refractivity contribution is 5.94. The Morgan fingerprint density at radius 3 is 2.65 bits per heavy atom. The van der Waals surface area contributed by atoms with Crippen LogP contribution in [0.1, 0.15) is 38.7 Å². The van der Waals surface area contributed by atoms with Crippen LogP contribution >= 0.6 is 0 Å². The fraction of sp³-hybridized carbons (Fsp3) is 0.591. The first-order valence-electron chi connectivity index (χ1n) is 10.6. The average Bonchev–Trinajstić information content (AvgIpc) is 2.71. The number of carbonyl (C=O) groups excluding carboxylic acids is 2. The van der Waals surface area contributed by atoms with E-state index in [4.69, 9.17) is 20.6 Å². The molecule has 0 bridgehead atoms. The van der Waals surface area contributed by atoms with Gasteiger partial charge < -0.3 is 25.0 Å². The second kappa shape index (κ2) is 9.64. The molecule has 1 amide bonds. The summed E-state index contributed by atoms with van der Waals surface area (Å²) in [6, 6.07) is 4.97. The van der Waals surface area contributed by atoms with Crippen molar-refractivity contribution in [3.8, 4) is 0 Å². The Morgan fingerprint density at radius 1 is 1.29 bits per heavy atom. The predicted octanol–water partition coefficient (Wildman–Crippen LogP) is 2.05. The second-order valence-electron chi connectivity index (χ2n) is 8.72. The number of halogens is 1.